The van der Waals surface area contributed by atoms with Gasteiger partial charge in [0, 0.05) is 13.2 Å². The molecule has 102 valence electrons. The predicted molar refractivity (Wildman–Crippen MR) is 70.8 cm³/mol. The molecule has 0 saturated heterocycles. The smallest absolute Gasteiger partial charge is 0.249 e. The number of rotatable bonds is 9. The van der Waals surface area contributed by atoms with Crippen LogP contribution in [-0.4, -0.2) is 30.7 Å². The molecule has 0 aromatic rings. The number of hydrogen-bond acceptors (Lipinski definition) is 3. The van der Waals surface area contributed by atoms with Gasteiger partial charge in [-0.2, -0.15) is 0 Å². The number of ether oxygens (including phenoxy) is 1. The number of amides is 1. The van der Waals surface area contributed by atoms with Gasteiger partial charge in [0.05, 0.1) is 5.54 Å². The lowest BCUT2D eigenvalue weighted by atomic mass is 9.92. The molecule has 17 heavy (non-hydrogen) atoms. The first-order valence-corrected chi connectivity index (χ1v) is 6.68. The van der Waals surface area contributed by atoms with E-state index in [1.807, 2.05) is 13.8 Å². The van der Waals surface area contributed by atoms with Crippen molar-refractivity contribution in [2.24, 2.45) is 5.73 Å². The quantitative estimate of drug-likeness (QED) is 0.608. The topological polar surface area (TPSA) is 64.3 Å². The third-order valence-electron chi connectivity index (χ3n) is 3.37. The van der Waals surface area contributed by atoms with E-state index in [-0.39, 0.29) is 11.4 Å². The fourth-order valence-electron chi connectivity index (χ4n) is 1.61. The second-order valence-corrected chi connectivity index (χ2v) is 4.55. The molecule has 1 atom stereocenters. The van der Waals surface area contributed by atoms with Gasteiger partial charge in [-0.15, -0.1) is 0 Å². The van der Waals surface area contributed by atoms with Gasteiger partial charge >= 0.3 is 0 Å². The average molecular weight is 244 g/mol. The largest absolute Gasteiger partial charge is 0.369 e. The van der Waals surface area contributed by atoms with Crippen molar-refractivity contribution in [3.8, 4) is 0 Å². The molecule has 0 aromatic heterocycles. The Labute approximate surface area is 105 Å². The monoisotopic (exact) mass is 244 g/mol. The lowest BCUT2D eigenvalue weighted by Crippen LogP contribution is -2.55. The Bertz CT molecular complexity index is 207. The van der Waals surface area contributed by atoms with Crippen molar-refractivity contribution in [3.63, 3.8) is 0 Å². The molecule has 0 saturated carbocycles. The van der Waals surface area contributed by atoms with Crippen molar-refractivity contribution in [2.45, 2.75) is 65.0 Å². The van der Waals surface area contributed by atoms with E-state index in [1.54, 1.807) is 6.92 Å². The highest BCUT2D eigenvalue weighted by molar-refractivity contribution is 5.81. The first kappa shape index (κ1) is 16.4. The summed E-state index contributed by atoms with van der Waals surface area (Å²) in [5.74, 6) is -0.0600. The number of nitrogens with two attached hydrogens (primary N) is 1. The van der Waals surface area contributed by atoms with Gasteiger partial charge in [0.25, 0.3) is 0 Å². The van der Waals surface area contributed by atoms with E-state index < -0.39 is 6.10 Å². The summed E-state index contributed by atoms with van der Waals surface area (Å²) in [6.07, 6.45) is 3.35. The minimum absolute atomic E-state index is 0.0600. The maximum atomic E-state index is 11.9. The summed E-state index contributed by atoms with van der Waals surface area (Å²) < 4.78 is 5.47. The number of nitrogens with one attached hydrogen (secondary N) is 1. The molecule has 1 unspecified atom stereocenters. The number of unbranched alkanes of at least 4 members (excludes halogenated alkanes) is 1. The van der Waals surface area contributed by atoms with Gasteiger partial charge in [0.1, 0.15) is 6.10 Å². The molecule has 0 bridgehead atoms. The Balaban J connectivity index is 4.21. The van der Waals surface area contributed by atoms with Crippen molar-refractivity contribution in [2.75, 3.05) is 13.2 Å². The molecule has 0 fully saturated rings. The Morgan fingerprint density at radius 1 is 1.35 bits per heavy atom. The van der Waals surface area contributed by atoms with E-state index in [2.05, 4.69) is 12.2 Å². The van der Waals surface area contributed by atoms with Gasteiger partial charge in [-0.3, -0.25) is 4.79 Å². The highest BCUT2D eigenvalue weighted by Gasteiger charge is 2.28. The highest BCUT2D eigenvalue weighted by atomic mass is 16.5. The molecular weight excluding hydrogens is 216 g/mol. The van der Waals surface area contributed by atoms with E-state index in [0.29, 0.717) is 13.2 Å². The number of hydrogen-bond donors (Lipinski definition) is 2. The van der Waals surface area contributed by atoms with E-state index >= 15 is 0 Å². The van der Waals surface area contributed by atoms with Gasteiger partial charge in [-0.05, 0) is 26.2 Å². The van der Waals surface area contributed by atoms with Crippen LogP contribution in [0.25, 0.3) is 0 Å². The van der Waals surface area contributed by atoms with Crippen LogP contribution in [0.2, 0.25) is 0 Å². The minimum atomic E-state index is -0.398. The van der Waals surface area contributed by atoms with Crippen molar-refractivity contribution in [3.05, 3.63) is 0 Å². The van der Waals surface area contributed by atoms with Crippen LogP contribution in [-0.2, 0) is 9.53 Å². The van der Waals surface area contributed by atoms with Crippen molar-refractivity contribution in [1.29, 1.82) is 0 Å². The number of carbonyl (C=O) groups is 1. The molecule has 0 spiro atoms. The minimum Gasteiger partial charge on any atom is -0.369 e. The molecule has 0 rings (SSSR count). The third-order valence-corrected chi connectivity index (χ3v) is 3.37. The van der Waals surface area contributed by atoms with Crippen LogP contribution in [0.15, 0.2) is 0 Å². The second kappa shape index (κ2) is 8.48. The van der Waals surface area contributed by atoms with E-state index in [9.17, 15) is 4.79 Å². The summed E-state index contributed by atoms with van der Waals surface area (Å²) >= 11 is 0. The summed E-state index contributed by atoms with van der Waals surface area (Å²) in [6.45, 7) is 9.07. The Morgan fingerprint density at radius 2 is 1.94 bits per heavy atom. The molecule has 0 aliphatic heterocycles. The van der Waals surface area contributed by atoms with E-state index in [4.69, 9.17) is 10.5 Å². The fraction of sp³-hybridized carbons (Fsp3) is 0.923. The molecule has 4 nitrogen and oxygen atoms in total. The van der Waals surface area contributed by atoms with Crippen LogP contribution in [0.4, 0.5) is 0 Å². The predicted octanol–water partition coefficient (Wildman–Crippen LogP) is 1.83. The van der Waals surface area contributed by atoms with Gasteiger partial charge in [0.15, 0.2) is 0 Å². The molecular formula is C13H28N2O2. The van der Waals surface area contributed by atoms with Gasteiger partial charge in [0.2, 0.25) is 5.91 Å². The SMILES string of the molecule is CCCCOC(C)C(=O)NC(CC)(CC)CN. The van der Waals surface area contributed by atoms with Gasteiger partial charge in [-0.1, -0.05) is 27.2 Å². The molecule has 0 heterocycles. The van der Waals surface area contributed by atoms with E-state index in [1.165, 1.54) is 0 Å². The van der Waals surface area contributed by atoms with Crippen molar-refractivity contribution >= 4 is 5.91 Å². The van der Waals surface area contributed by atoms with Crippen LogP contribution in [0.3, 0.4) is 0 Å². The highest BCUT2D eigenvalue weighted by Crippen LogP contribution is 2.13. The number of carbonyl (C=O) groups excluding carboxylic acids is 1. The first-order chi connectivity index (χ1) is 8.05. The van der Waals surface area contributed by atoms with Crippen LogP contribution < -0.4 is 11.1 Å². The lowest BCUT2D eigenvalue weighted by molar-refractivity contribution is -0.133. The van der Waals surface area contributed by atoms with Crippen LogP contribution in [0.1, 0.15) is 53.4 Å². The Hall–Kier alpha value is -0.610. The normalized spacial score (nSPS) is 13.5. The molecule has 0 aliphatic carbocycles. The summed E-state index contributed by atoms with van der Waals surface area (Å²) in [4.78, 5) is 11.9. The van der Waals surface area contributed by atoms with Crippen LogP contribution >= 0.6 is 0 Å². The average Bonchev–Trinajstić information content (AvgIpc) is 2.36. The summed E-state index contributed by atoms with van der Waals surface area (Å²) in [7, 11) is 0. The zero-order chi connectivity index (χ0) is 13.3. The maximum Gasteiger partial charge on any atom is 0.249 e. The second-order valence-electron chi connectivity index (χ2n) is 4.55. The lowest BCUT2D eigenvalue weighted by Gasteiger charge is -2.32. The maximum absolute atomic E-state index is 11.9. The van der Waals surface area contributed by atoms with Crippen LogP contribution in [0, 0.1) is 0 Å². The van der Waals surface area contributed by atoms with Crippen LogP contribution in [0.5, 0.6) is 0 Å². The van der Waals surface area contributed by atoms with Gasteiger partial charge < -0.3 is 15.8 Å². The standard InChI is InChI=1S/C13H28N2O2/c1-5-8-9-17-11(4)12(16)15-13(6-2,7-3)10-14/h11H,5-10,14H2,1-4H3,(H,15,16). The molecule has 0 aromatic carbocycles. The Kier molecular flexibility index (Phi) is 8.17. The molecule has 0 aliphatic rings. The molecule has 3 N–H and O–H groups in total. The Morgan fingerprint density at radius 3 is 2.35 bits per heavy atom. The van der Waals surface area contributed by atoms with E-state index in [0.717, 1.165) is 25.7 Å². The van der Waals surface area contributed by atoms with Crippen molar-refractivity contribution in [1.82, 2.24) is 5.32 Å². The zero-order valence-corrected chi connectivity index (χ0v) is 11.7. The van der Waals surface area contributed by atoms with Crippen molar-refractivity contribution < 1.29 is 9.53 Å². The summed E-state index contributed by atoms with van der Waals surface area (Å²) in [6, 6.07) is 0. The molecule has 4 heteroatoms. The third kappa shape index (κ3) is 5.50. The summed E-state index contributed by atoms with van der Waals surface area (Å²) in [5, 5.41) is 3.02. The zero-order valence-electron chi connectivity index (χ0n) is 11.7. The molecule has 0 radical (unpaired) electrons. The molecule has 1 amide bonds. The first-order valence-electron chi connectivity index (χ1n) is 6.68. The van der Waals surface area contributed by atoms with Gasteiger partial charge in [-0.25, -0.2) is 0 Å². The fourth-order valence-corrected chi connectivity index (χ4v) is 1.61. The summed E-state index contributed by atoms with van der Waals surface area (Å²) in [5.41, 5.74) is 5.47.